The highest BCUT2D eigenvalue weighted by Gasteiger charge is 2.16. The fraction of sp³-hybridized carbons (Fsp3) is 0.0833. The number of aromatic carboxylic acids is 1. The number of aryl methyl sites for hydroxylation is 1. The maximum absolute atomic E-state index is 13.5. The van der Waals surface area contributed by atoms with Crippen LogP contribution in [0.3, 0.4) is 0 Å². The Bertz CT molecular complexity index is 697. The highest BCUT2D eigenvalue weighted by molar-refractivity contribution is 6.04. The Hall–Kier alpha value is -2.77. The Morgan fingerprint density at radius 3 is 2.55 bits per heavy atom. The molecule has 1 amide bonds. The molecule has 0 aliphatic heterocycles. The number of amides is 1. The number of carboxylic acid groups (broad SMARTS) is 1. The van der Waals surface area contributed by atoms with Crippen LogP contribution in [0.4, 0.5) is 14.6 Å². The number of rotatable bonds is 3. The van der Waals surface area contributed by atoms with Crippen LogP contribution in [0.5, 0.6) is 0 Å². The molecule has 2 aromatic rings. The highest BCUT2D eigenvalue weighted by Crippen LogP contribution is 2.16. The van der Waals surface area contributed by atoms with Gasteiger partial charge in [0.1, 0.15) is 17.3 Å². The molecule has 8 heteroatoms. The first-order valence-electron chi connectivity index (χ1n) is 5.44. The summed E-state index contributed by atoms with van der Waals surface area (Å²) in [6.45, 7) is 1.39. The van der Waals surface area contributed by atoms with Crippen molar-refractivity contribution in [3.63, 3.8) is 0 Å². The molecule has 0 atom stereocenters. The number of aromatic amines is 1. The van der Waals surface area contributed by atoms with Gasteiger partial charge in [0.15, 0.2) is 5.82 Å². The molecule has 6 nitrogen and oxygen atoms in total. The summed E-state index contributed by atoms with van der Waals surface area (Å²) in [6.07, 6.45) is 0. The van der Waals surface area contributed by atoms with Crippen LogP contribution < -0.4 is 5.32 Å². The Morgan fingerprint density at radius 2 is 1.95 bits per heavy atom. The normalized spacial score (nSPS) is 10.3. The van der Waals surface area contributed by atoms with Crippen LogP contribution in [0.15, 0.2) is 18.2 Å². The third-order valence-electron chi connectivity index (χ3n) is 2.54. The summed E-state index contributed by atoms with van der Waals surface area (Å²) in [5.41, 5.74) is -0.468. The second-order valence-electron chi connectivity index (χ2n) is 4.01. The molecule has 104 valence electrons. The maximum atomic E-state index is 13.5. The zero-order valence-corrected chi connectivity index (χ0v) is 10.2. The molecule has 0 spiro atoms. The fourth-order valence-corrected chi connectivity index (χ4v) is 1.51. The van der Waals surface area contributed by atoms with Gasteiger partial charge >= 0.3 is 5.97 Å². The van der Waals surface area contributed by atoms with Gasteiger partial charge in [0, 0.05) is 12.1 Å². The summed E-state index contributed by atoms with van der Waals surface area (Å²) in [7, 11) is 0. The number of anilines is 1. The van der Waals surface area contributed by atoms with Crippen molar-refractivity contribution in [2.75, 3.05) is 5.32 Å². The van der Waals surface area contributed by atoms with Gasteiger partial charge in [-0.15, -0.1) is 0 Å². The number of hydrogen-bond acceptors (Lipinski definition) is 3. The lowest BCUT2D eigenvalue weighted by Crippen LogP contribution is -2.14. The number of nitrogens with zero attached hydrogens (tertiary/aromatic N) is 1. The Kier molecular flexibility index (Phi) is 3.47. The number of H-pyrrole nitrogens is 1. The largest absolute Gasteiger partial charge is 0.477 e. The van der Waals surface area contributed by atoms with Crippen molar-refractivity contribution >= 4 is 17.7 Å². The van der Waals surface area contributed by atoms with Gasteiger partial charge in [0.05, 0.1) is 5.56 Å². The summed E-state index contributed by atoms with van der Waals surface area (Å²) >= 11 is 0. The van der Waals surface area contributed by atoms with Gasteiger partial charge in [-0.1, -0.05) is 0 Å². The van der Waals surface area contributed by atoms with Gasteiger partial charge in [-0.2, -0.15) is 5.10 Å². The van der Waals surface area contributed by atoms with Crippen molar-refractivity contribution in [3.8, 4) is 0 Å². The Morgan fingerprint density at radius 1 is 1.25 bits per heavy atom. The minimum Gasteiger partial charge on any atom is -0.477 e. The van der Waals surface area contributed by atoms with Crippen LogP contribution in [0.1, 0.15) is 26.4 Å². The SMILES string of the molecule is Cc1cc(C(=O)Nc2cc(C(=O)O)[nH]n2)c(F)cc1F. The van der Waals surface area contributed by atoms with E-state index in [9.17, 15) is 18.4 Å². The first-order chi connectivity index (χ1) is 9.38. The van der Waals surface area contributed by atoms with Crippen molar-refractivity contribution in [1.82, 2.24) is 10.2 Å². The molecule has 20 heavy (non-hydrogen) atoms. The van der Waals surface area contributed by atoms with Crippen molar-refractivity contribution in [2.24, 2.45) is 0 Å². The van der Waals surface area contributed by atoms with Crippen LogP contribution in [0.2, 0.25) is 0 Å². The maximum Gasteiger partial charge on any atom is 0.353 e. The molecule has 0 saturated carbocycles. The van der Waals surface area contributed by atoms with Crippen LogP contribution >= 0.6 is 0 Å². The highest BCUT2D eigenvalue weighted by atomic mass is 19.1. The smallest absolute Gasteiger partial charge is 0.353 e. The van der Waals surface area contributed by atoms with Gasteiger partial charge in [-0.05, 0) is 18.6 Å². The first kappa shape index (κ1) is 13.7. The van der Waals surface area contributed by atoms with E-state index >= 15 is 0 Å². The van der Waals surface area contributed by atoms with E-state index in [0.717, 1.165) is 12.1 Å². The predicted molar refractivity (Wildman–Crippen MR) is 64.6 cm³/mol. The molecule has 0 fully saturated rings. The van der Waals surface area contributed by atoms with Gasteiger partial charge < -0.3 is 10.4 Å². The summed E-state index contributed by atoms with van der Waals surface area (Å²) in [5.74, 6) is -3.95. The lowest BCUT2D eigenvalue weighted by atomic mass is 10.1. The molecule has 3 N–H and O–H groups in total. The minimum atomic E-state index is -1.25. The number of nitrogens with one attached hydrogen (secondary N) is 2. The molecule has 0 saturated heterocycles. The number of carboxylic acids is 1. The van der Waals surface area contributed by atoms with E-state index in [1.165, 1.54) is 6.92 Å². The number of carbonyl (C=O) groups excluding carboxylic acids is 1. The molecular weight excluding hydrogens is 272 g/mol. The summed E-state index contributed by atoms with van der Waals surface area (Å²) in [4.78, 5) is 22.4. The average molecular weight is 281 g/mol. The zero-order chi connectivity index (χ0) is 14.9. The zero-order valence-electron chi connectivity index (χ0n) is 10.2. The third kappa shape index (κ3) is 2.63. The molecule has 0 radical (unpaired) electrons. The topological polar surface area (TPSA) is 95.1 Å². The predicted octanol–water partition coefficient (Wildman–Crippen LogP) is 1.95. The number of hydrogen-bond donors (Lipinski definition) is 3. The van der Waals surface area contributed by atoms with E-state index in [-0.39, 0.29) is 22.6 Å². The minimum absolute atomic E-state index is 0.0752. The lowest BCUT2D eigenvalue weighted by molar-refractivity contribution is 0.0690. The number of aromatic nitrogens is 2. The van der Waals surface area contributed by atoms with Gasteiger partial charge in [-0.25, -0.2) is 13.6 Å². The van der Waals surface area contributed by atoms with E-state index in [1.54, 1.807) is 0 Å². The average Bonchev–Trinajstić information content (AvgIpc) is 2.82. The van der Waals surface area contributed by atoms with Crippen LogP contribution in [-0.2, 0) is 0 Å². The summed E-state index contributed by atoms with van der Waals surface area (Å²) in [6, 6.07) is 2.75. The van der Waals surface area contributed by atoms with Gasteiger partial charge in [0.25, 0.3) is 5.91 Å². The van der Waals surface area contributed by atoms with Crippen LogP contribution in [0, 0.1) is 18.6 Å². The number of halogens is 2. The fourth-order valence-electron chi connectivity index (χ4n) is 1.51. The third-order valence-corrected chi connectivity index (χ3v) is 2.54. The van der Waals surface area contributed by atoms with E-state index in [0.29, 0.717) is 6.07 Å². The van der Waals surface area contributed by atoms with Gasteiger partial charge in [0.2, 0.25) is 0 Å². The van der Waals surface area contributed by atoms with E-state index in [4.69, 9.17) is 5.11 Å². The lowest BCUT2D eigenvalue weighted by Gasteiger charge is -2.05. The Labute approximate surface area is 111 Å². The van der Waals surface area contributed by atoms with Crippen molar-refractivity contribution in [2.45, 2.75) is 6.92 Å². The molecule has 0 unspecified atom stereocenters. The molecular formula is C12H9F2N3O3. The first-order valence-corrected chi connectivity index (χ1v) is 5.44. The molecule has 2 rings (SSSR count). The van der Waals surface area contributed by atoms with Crippen LogP contribution in [-0.4, -0.2) is 27.2 Å². The van der Waals surface area contributed by atoms with Gasteiger partial charge in [-0.3, -0.25) is 9.89 Å². The molecule has 1 heterocycles. The van der Waals surface area contributed by atoms with Crippen molar-refractivity contribution < 1.29 is 23.5 Å². The monoisotopic (exact) mass is 281 g/mol. The molecule has 1 aromatic heterocycles. The second kappa shape index (κ2) is 5.08. The molecule has 1 aromatic carbocycles. The molecule has 0 aliphatic rings. The number of carbonyl (C=O) groups is 2. The summed E-state index contributed by atoms with van der Waals surface area (Å²) in [5, 5.41) is 16.6. The summed E-state index contributed by atoms with van der Waals surface area (Å²) < 4.78 is 26.6. The van der Waals surface area contributed by atoms with E-state index in [1.807, 2.05) is 0 Å². The quantitative estimate of drug-likeness (QED) is 0.801. The number of benzene rings is 1. The van der Waals surface area contributed by atoms with E-state index in [2.05, 4.69) is 15.5 Å². The van der Waals surface area contributed by atoms with E-state index < -0.39 is 23.5 Å². The molecule has 0 bridgehead atoms. The standard InChI is InChI=1S/C12H9F2N3O3/c1-5-2-6(8(14)3-7(5)13)11(18)15-10-4-9(12(19)20)16-17-10/h2-4H,1H3,(H,19,20)(H2,15,16,17,18). The van der Waals surface area contributed by atoms with Crippen LogP contribution in [0.25, 0.3) is 0 Å². The molecule has 0 aliphatic carbocycles. The second-order valence-corrected chi connectivity index (χ2v) is 4.01. The van der Waals surface area contributed by atoms with Crippen molar-refractivity contribution in [3.05, 3.63) is 46.7 Å². The Balaban J connectivity index is 2.23. The van der Waals surface area contributed by atoms with Crippen molar-refractivity contribution in [1.29, 1.82) is 0 Å².